The van der Waals surface area contributed by atoms with E-state index < -0.39 is 17.8 Å². The Morgan fingerprint density at radius 2 is 2.06 bits per heavy atom. The Bertz CT molecular complexity index is 373. The van der Waals surface area contributed by atoms with Gasteiger partial charge in [0.05, 0.1) is 14.2 Å². The number of rotatable bonds is 3. The summed E-state index contributed by atoms with van der Waals surface area (Å²) in [5.41, 5.74) is 5.84. The topological polar surface area (TPSA) is 61.5 Å². The lowest BCUT2D eigenvalue weighted by Gasteiger charge is -2.13. The highest BCUT2D eigenvalue weighted by Crippen LogP contribution is 2.27. The Kier molecular flexibility index (Phi) is 5.77. The summed E-state index contributed by atoms with van der Waals surface area (Å²) in [6.07, 6.45) is 0. The van der Waals surface area contributed by atoms with Crippen molar-refractivity contribution in [2.45, 2.75) is 6.04 Å². The molecule has 0 bridgehead atoms. The molecule has 0 aromatic heterocycles. The molecular formula is C10H13ClFNO3. The fourth-order valence-corrected chi connectivity index (χ4v) is 1.24. The van der Waals surface area contributed by atoms with Gasteiger partial charge in [0, 0.05) is 5.56 Å². The number of esters is 1. The minimum absolute atomic E-state index is 0. The van der Waals surface area contributed by atoms with Crippen LogP contribution in [0.1, 0.15) is 11.6 Å². The first-order valence-corrected chi connectivity index (χ1v) is 4.27. The van der Waals surface area contributed by atoms with Gasteiger partial charge in [-0.3, -0.25) is 4.79 Å². The quantitative estimate of drug-likeness (QED) is 0.824. The third-order valence-corrected chi connectivity index (χ3v) is 1.99. The van der Waals surface area contributed by atoms with Crippen LogP contribution in [0.15, 0.2) is 18.2 Å². The summed E-state index contributed by atoms with van der Waals surface area (Å²) in [7, 11) is 2.53. The van der Waals surface area contributed by atoms with Crippen LogP contribution in [0.3, 0.4) is 0 Å². The Morgan fingerprint density at radius 1 is 1.44 bits per heavy atom. The van der Waals surface area contributed by atoms with Gasteiger partial charge in [0.25, 0.3) is 0 Å². The average molecular weight is 250 g/mol. The van der Waals surface area contributed by atoms with E-state index >= 15 is 0 Å². The molecule has 0 radical (unpaired) electrons. The van der Waals surface area contributed by atoms with E-state index in [1.165, 1.54) is 32.4 Å². The number of carbonyl (C=O) groups excluding carboxylic acids is 1. The summed E-state index contributed by atoms with van der Waals surface area (Å²) in [5.74, 6) is -1.23. The minimum atomic E-state index is -1.04. The van der Waals surface area contributed by atoms with Crippen molar-refractivity contribution < 1.29 is 18.7 Å². The van der Waals surface area contributed by atoms with Gasteiger partial charge in [0.1, 0.15) is 6.04 Å². The third kappa shape index (κ3) is 2.84. The zero-order valence-corrected chi connectivity index (χ0v) is 9.71. The standard InChI is InChI=1S/C10H12FNO3.ClH/c1-14-9-6(4-3-5-7(9)11)8(12)10(13)15-2;/h3-5,8H,12H2,1-2H3;1H/t8-;/m1./s1. The van der Waals surface area contributed by atoms with E-state index in [4.69, 9.17) is 10.5 Å². The van der Waals surface area contributed by atoms with E-state index in [1.54, 1.807) is 0 Å². The summed E-state index contributed by atoms with van der Waals surface area (Å²) in [6, 6.07) is 3.16. The molecule has 0 unspecified atom stereocenters. The van der Waals surface area contributed by atoms with Gasteiger partial charge in [0.15, 0.2) is 11.6 Å². The fraction of sp³-hybridized carbons (Fsp3) is 0.300. The van der Waals surface area contributed by atoms with Gasteiger partial charge in [-0.25, -0.2) is 4.39 Å². The van der Waals surface area contributed by atoms with E-state index in [0.29, 0.717) is 0 Å². The van der Waals surface area contributed by atoms with Gasteiger partial charge in [-0.1, -0.05) is 12.1 Å². The highest BCUT2D eigenvalue weighted by Gasteiger charge is 2.22. The first-order valence-electron chi connectivity index (χ1n) is 4.27. The van der Waals surface area contributed by atoms with Crippen LogP contribution in [0.4, 0.5) is 4.39 Å². The molecule has 0 saturated carbocycles. The fourth-order valence-electron chi connectivity index (χ4n) is 1.24. The number of methoxy groups -OCH3 is 2. The number of hydrogen-bond acceptors (Lipinski definition) is 4. The van der Waals surface area contributed by atoms with E-state index in [1.807, 2.05) is 0 Å². The second-order valence-electron chi connectivity index (χ2n) is 2.86. The molecule has 0 spiro atoms. The van der Waals surface area contributed by atoms with E-state index in [9.17, 15) is 9.18 Å². The normalized spacial score (nSPS) is 11.2. The van der Waals surface area contributed by atoms with Crippen LogP contribution in [0.5, 0.6) is 5.75 Å². The first kappa shape index (κ1) is 14.7. The Hall–Kier alpha value is -1.33. The van der Waals surface area contributed by atoms with Crippen molar-refractivity contribution in [2.24, 2.45) is 5.73 Å². The predicted octanol–water partition coefficient (Wildman–Crippen LogP) is 1.43. The van der Waals surface area contributed by atoms with E-state index in [0.717, 1.165) is 0 Å². The SMILES string of the molecule is COC(=O)[C@H](N)c1cccc(F)c1OC.Cl. The van der Waals surface area contributed by atoms with Crippen LogP contribution < -0.4 is 10.5 Å². The molecule has 1 aromatic carbocycles. The van der Waals surface area contributed by atoms with Gasteiger partial charge in [0.2, 0.25) is 0 Å². The molecule has 1 atom stereocenters. The van der Waals surface area contributed by atoms with Crippen molar-refractivity contribution in [1.82, 2.24) is 0 Å². The highest BCUT2D eigenvalue weighted by molar-refractivity contribution is 5.85. The van der Waals surface area contributed by atoms with Crippen molar-refractivity contribution in [2.75, 3.05) is 14.2 Å². The van der Waals surface area contributed by atoms with Crippen molar-refractivity contribution in [3.8, 4) is 5.75 Å². The number of hydrogen-bond donors (Lipinski definition) is 1. The van der Waals surface area contributed by atoms with Gasteiger partial charge in [-0.05, 0) is 6.07 Å². The second-order valence-corrected chi connectivity index (χ2v) is 2.86. The van der Waals surface area contributed by atoms with Gasteiger partial charge < -0.3 is 15.2 Å². The maximum atomic E-state index is 13.2. The van der Waals surface area contributed by atoms with Crippen molar-refractivity contribution in [3.63, 3.8) is 0 Å². The predicted molar refractivity (Wildman–Crippen MR) is 59.1 cm³/mol. The van der Waals surface area contributed by atoms with Gasteiger partial charge in [-0.15, -0.1) is 12.4 Å². The van der Waals surface area contributed by atoms with Crippen LogP contribution in [0, 0.1) is 5.82 Å². The lowest BCUT2D eigenvalue weighted by atomic mass is 10.1. The Balaban J connectivity index is 0.00000225. The van der Waals surface area contributed by atoms with Crippen molar-refractivity contribution in [1.29, 1.82) is 0 Å². The molecule has 0 aliphatic heterocycles. The zero-order valence-electron chi connectivity index (χ0n) is 8.90. The van der Waals surface area contributed by atoms with Crippen LogP contribution in [-0.4, -0.2) is 20.2 Å². The number of halogens is 2. The molecule has 0 fully saturated rings. The average Bonchev–Trinajstić information content (AvgIpc) is 2.26. The second kappa shape index (κ2) is 6.30. The summed E-state index contributed by atoms with van der Waals surface area (Å²) in [6.45, 7) is 0. The van der Waals surface area contributed by atoms with Crippen LogP contribution >= 0.6 is 12.4 Å². The van der Waals surface area contributed by atoms with Crippen LogP contribution in [-0.2, 0) is 9.53 Å². The lowest BCUT2D eigenvalue weighted by Crippen LogP contribution is -2.23. The minimum Gasteiger partial charge on any atom is -0.493 e. The lowest BCUT2D eigenvalue weighted by molar-refractivity contribution is -0.142. The molecule has 0 aliphatic rings. The van der Waals surface area contributed by atoms with Crippen molar-refractivity contribution >= 4 is 18.4 Å². The number of carbonyl (C=O) groups is 1. The Morgan fingerprint density at radius 3 is 2.56 bits per heavy atom. The number of para-hydroxylation sites is 1. The number of nitrogens with two attached hydrogens (primary N) is 1. The van der Waals surface area contributed by atoms with E-state index in [2.05, 4.69) is 4.74 Å². The molecule has 90 valence electrons. The Labute approximate surface area is 98.9 Å². The molecule has 0 saturated heterocycles. The molecule has 0 heterocycles. The largest absolute Gasteiger partial charge is 0.493 e. The van der Waals surface area contributed by atoms with E-state index in [-0.39, 0.29) is 23.7 Å². The molecule has 2 N–H and O–H groups in total. The molecule has 1 rings (SSSR count). The monoisotopic (exact) mass is 249 g/mol. The molecule has 1 aromatic rings. The molecule has 0 aliphatic carbocycles. The summed E-state index contributed by atoms with van der Waals surface area (Å²) in [4.78, 5) is 11.2. The third-order valence-electron chi connectivity index (χ3n) is 1.99. The van der Waals surface area contributed by atoms with Crippen LogP contribution in [0.2, 0.25) is 0 Å². The summed E-state index contributed by atoms with van der Waals surface area (Å²) in [5, 5.41) is 0. The first-order chi connectivity index (χ1) is 7.11. The number of ether oxygens (including phenoxy) is 2. The molecule has 0 amide bonds. The molecule has 4 nitrogen and oxygen atoms in total. The van der Waals surface area contributed by atoms with Crippen molar-refractivity contribution in [3.05, 3.63) is 29.6 Å². The molecular weight excluding hydrogens is 237 g/mol. The summed E-state index contributed by atoms with van der Waals surface area (Å²) < 4.78 is 22.5. The maximum absolute atomic E-state index is 13.2. The molecule has 16 heavy (non-hydrogen) atoms. The van der Waals surface area contributed by atoms with Crippen LogP contribution in [0.25, 0.3) is 0 Å². The summed E-state index contributed by atoms with van der Waals surface area (Å²) >= 11 is 0. The zero-order chi connectivity index (χ0) is 11.4. The smallest absolute Gasteiger partial charge is 0.327 e. The maximum Gasteiger partial charge on any atom is 0.327 e. The highest BCUT2D eigenvalue weighted by atomic mass is 35.5. The number of benzene rings is 1. The van der Waals surface area contributed by atoms with Gasteiger partial charge >= 0.3 is 5.97 Å². The van der Waals surface area contributed by atoms with Gasteiger partial charge in [-0.2, -0.15) is 0 Å². The molecule has 6 heteroatoms.